The van der Waals surface area contributed by atoms with Gasteiger partial charge >= 0.3 is 0 Å². The number of nitrogens with zero attached hydrogens (tertiary/aromatic N) is 4. The van der Waals surface area contributed by atoms with E-state index in [4.69, 9.17) is 0 Å². The first kappa shape index (κ1) is 8.58. The van der Waals surface area contributed by atoms with Gasteiger partial charge in [0.05, 0.1) is 6.33 Å². The molecule has 3 rings (SSSR count). The number of halogens is 1. The molecule has 6 heteroatoms. The van der Waals surface area contributed by atoms with Crippen molar-refractivity contribution in [1.82, 2.24) is 19.9 Å². The average Bonchev–Trinajstić information content (AvgIpc) is 2.85. The molecule has 0 bridgehead atoms. The van der Waals surface area contributed by atoms with Gasteiger partial charge in [0, 0.05) is 6.54 Å². The van der Waals surface area contributed by atoms with Gasteiger partial charge in [-0.3, -0.25) is 0 Å². The van der Waals surface area contributed by atoms with Gasteiger partial charge in [0.1, 0.15) is 11.8 Å². The van der Waals surface area contributed by atoms with E-state index in [-0.39, 0.29) is 0 Å². The van der Waals surface area contributed by atoms with Crippen LogP contribution in [0.15, 0.2) is 12.7 Å². The van der Waals surface area contributed by atoms with E-state index in [0.29, 0.717) is 29.9 Å². The number of fused-ring (bicyclic) bond motifs is 1. The summed E-state index contributed by atoms with van der Waals surface area (Å²) in [5, 5.41) is 0. The van der Waals surface area contributed by atoms with Crippen LogP contribution in [0.3, 0.4) is 0 Å². The minimum absolute atomic E-state index is 0.565. The zero-order chi connectivity index (χ0) is 10.3. The second kappa shape index (κ2) is 3.15. The fraction of sp³-hybridized carbons (Fsp3) is 0.444. The van der Waals surface area contributed by atoms with Gasteiger partial charge in [-0.1, -0.05) is 0 Å². The molecule has 1 aliphatic rings. The normalized spacial score (nSPS) is 21.4. The minimum Gasteiger partial charge on any atom is -0.329 e. The molecular weight excluding hydrogens is 197 g/mol. The van der Waals surface area contributed by atoms with Crippen LogP contribution in [0, 0.1) is 0 Å². The first-order valence-electron chi connectivity index (χ1n) is 4.91. The lowest BCUT2D eigenvalue weighted by Crippen LogP contribution is -2.26. The summed E-state index contributed by atoms with van der Waals surface area (Å²) in [6.45, 7) is 0.695. The highest BCUT2D eigenvalue weighted by molar-refractivity contribution is 5.82. The Balaban J connectivity index is 2.13. The van der Waals surface area contributed by atoms with E-state index in [1.165, 1.54) is 6.33 Å². The molecule has 0 radical (unpaired) electrons. The summed E-state index contributed by atoms with van der Waals surface area (Å²) in [4.78, 5) is 16.8. The highest BCUT2D eigenvalue weighted by atomic mass is 19.1. The lowest BCUT2D eigenvalue weighted by Gasteiger charge is -2.19. The van der Waals surface area contributed by atoms with E-state index < -0.39 is 6.30 Å². The molecule has 0 aliphatic carbocycles. The van der Waals surface area contributed by atoms with Gasteiger partial charge in [0.2, 0.25) is 0 Å². The molecule has 3 heterocycles. The Labute approximate surface area is 85.4 Å². The number of hydrogen-bond acceptors (Lipinski definition) is 4. The Morgan fingerprint density at radius 2 is 2.33 bits per heavy atom. The van der Waals surface area contributed by atoms with Crippen molar-refractivity contribution < 1.29 is 4.39 Å². The monoisotopic (exact) mass is 207 g/mol. The summed E-state index contributed by atoms with van der Waals surface area (Å²) in [6.07, 6.45) is 3.46. The molecule has 1 N–H and O–H groups in total. The Kier molecular flexibility index (Phi) is 1.80. The lowest BCUT2D eigenvalue weighted by atomic mass is 10.4. The SMILES string of the molecule is F[C@H]1CCCN1c1ncnc2[nH]cnc12. The van der Waals surface area contributed by atoms with Crippen molar-refractivity contribution in [3.63, 3.8) is 0 Å². The van der Waals surface area contributed by atoms with Crippen molar-refractivity contribution in [2.45, 2.75) is 19.1 Å². The topological polar surface area (TPSA) is 57.7 Å². The number of aromatic amines is 1. The van der Waals surface area contributed by atoms with Crippen LogP contribution in [-0.2, 0) is 0 Å². The molecule has 0 aromatic carbocycles. The van der Waals surface area contributed by atoms with E-state index in [2.05, 4.69) is 19.9 Å². The van der Waals surface area contributed by atoms with Crippen LogP contribution in [0.2, 0.25) is 0 Å². The van der Waals surface area contributed by atoms with Gasteiger partial charge in [-0.05, 0) is 12.8 Å². The van der Waals surface area contributed by atoms with Gasteiger partial charge in [-0.2, -0.15) is 0 Å². The maximum atomic E-state index is 13.5. The molecule has 0 amide bonds. The molecule has 0 spiro atoms. The van der Waals surface area contributed by atoms with Crippen molar-refractivity contribution >= 4 is 17.0 Å². The van der Waals surface area contributed by atoms with Crippen molar-refractivity contribution in [1.29, 1.82) is 0 Å². The number of rotatable bonds is 1. The predicted octanol–water partition coefficient (Wildman–Crippen LogP) is 1.25. The molecule has 2 aromatic heterocycles. The highest BCUT2D eigenvalue weighted by Gasteiger charge is 2.27. The van der Waals surface area contributed by atoms with Crippen LogP contribution in [0.4, 0.5) is 10.2 Å². The van der Waals surface area contributed by atoms with Gasteiger partial charge in [-0.25, -0.2) is 19.3 Å². The van der Waals surface area contributed by atoms with Crippen LogP contribution in [0.1, 0.15) is 12.8 Å². The smallest absolute Gasteiger partial charge is 0.173 e. The van der Waals surface area contributed by atoms with Crippen LogP contribution >= 0.6 is 0 Å². The third-order valence-corrected chi connectivity index (χ3v) is 2.65. The standard InChI is InChI=1S/C9H10FN5/c10-6-2-1-3-15(6)9-7-8(12-4-11-7)13-5-14-9/h4-6H,1-3H2,(H,11,12,13,14)/t6-/m1/s1. The number of hydrogen-bond donors (Lipinski definition) is 1. The van der Waals surface area contributed by atoms with E-state index in [1.54, 1.807) is 11.2 Å². The zero-order valence-corrected chi connectivity index (χ0v) is 8.02. The summed E-state index contributed by atoms with van der Waals surface area (Å²) >= 11 is 0. The molecule has 78 valence electrons. The van der Waals surface area contributed by atoms with Crippen molar-refractivity contribution in [3.8, 4) is 0 Å². The van der Waals surface area contributed by atoms with E-state index in [0.717, 1.165) is 6.42 Å². The van der Waals surface area contributed by atoms with Gasteiger partial charge in [0.25, 0.3) is 0 Å². The van der Waals surface area contributed by atoms with Crippen LogP contribution in [0.5, 0.6) is 0 Å². The number of anilines is 1. The quantitative estimate of drug-likeness (QED) is 0.715. The summed E-state index contributed by atoms with van der Waals surface area (Å²) in [5.74, 6) is 0.589. The maximum absolute atomic E-state index is 13.5. The largest absolute Gasteiger partial charge is 0.329 e. The third kappa shape index (κ3) is 1.25. The van der Waals surface area contributed by atoms with Crippen LogP contribution in [0.25, 0.3) is 11.2 Å². The Morgan fingerprint density at radius 1 is 1.40 bits per heavy atom. The minimum atomic E-state index is -0.945. The predicted molar refractivity (Wildman–Crippen MR) is 53.2 cm³/mol. The fourth-order valence-electron chi connectivity index (χ4n) is 1.93. The molecule has 1 atom stereocenters. The average molecular weight is 207 g/mol. The number of alkyl halides is 1. The third-order valence-electron chi connectivity index (χ3n) is 2.65. The number of imidazole rings is 1. The second-order valence-corrected chi connectivity index (χ2v) is 3.57. The number of aromatic nitrogens is 4. The van der Waals surface area contributed by atoms with Crippen LogP contribution < -0.4 is 4.90 Å². The molecule has 0 saturated carbocycles. The van der Waals surface area contributed by atoms with Gasteiger partial charge in [0.15, 0.2) is 17.8 Å². The van der Waals surface area contributed by atoms with Gasteiger partial charge < -0.3 is 9.88 Å². The van der Waals surface area contributed by atoms with E-state index >= 15 is 0 Å². The fourth-order valence-corrected chi connectivity index (χ4v) is 1.93. The summed E-state index contributed by atoms with van der Waals surface area (Å²) < 4.78 is 13.5. The van der Waals surface area contributed by atoms with Crippen molar-refractivity contribution in [2.75, 3.05) is 11.4 Å². The molecule has 5 nitrogen and oxygen atoms in total. The molecule has 1 aliphatic heterocycles. The summed E-state index contributed by atoms with van der Waals surface area (Å²) in [6, 6.07) is 0. The Hall–Kier alpha value is -1.72. The van der Waals surface area contributed by atoms with Gasteiger partial charge in [-0.15, -0.1) is 0 Å². The molecule has 2 aromatic rings. The molecule has 15 heavy (non-hydrogen) atoms. The number of H-pyrrole nitrogens is 1. The summed E-state index contributed by atoms with van der Waals surface area (Å²) in [7, 11) is 0. The molecule has 0 unspecified atom stereocenters. The first-order valence-corrected chi connectivity index (χ1v) is 4.91. The number of nitrogens with one attached hydrogen (secondary N) is 1. The van der Waals surface area contributed by atoms with Crippen molar-refractivity contribution in [2.24, 2.45) is 0 Å². The van der Waals surface area contributed by atoms with Crippen LogP contribution in [-0.4, -0.2) is 32.8 Å². The lowest BCUT2D eigenvalue weighted by molar-refractivity contribution is 0.344. The van der Waals surface area contributed by atoms with E-state index in [9.17, 15) is 4.39 Å². The van der Waals surface area contributed by atoms with E-state index in [1.807, 2.05) is 0 Å². The molecular formula is C9H10FN5. The maximum Gasteiger partial charge on any atom is 0.173 e. The summed E-state index contributed by atoms with van der Waals surface area (Å²) in [5.41, 5.74) is 1.29. The second-order valence-electron chi connectivity index (χ2n) is 3.57. The zero-order valence-electron chi connectivity index (χ0n) is 8.02. The molecule has 1 fully saturated rings. The van der Waals surface area contributed by atoms with Crippen molar-refractivity contribution in [3.05, 3.63) is 12.7 Å². The molecule has 1 saturated heterocycles. The highest BCUT2D eigenvalue weighted by Crippen LogP contribution is 2.28. The first-order chi connectivity index (χ1) is 7.36. The Morgan fingerprint density at radius 3 is 3.13 bits per heavy atom. The Bertz CT molecular complexity index is 482.